The number of nitrogens with zero attached hydrogens (tertiary/aromatic N) is 2. The Morgan fingerprint density at radius 3 is 2.89 bits per heavy atom. The Morgan fingerprint density at radius 1 is 1.37 bits per heavy atom. The first-order valence-corrected chi connectivity index (χ1v) is 7.18. The van der Waals surface area contributed by atoms with Gasteiger partial charge in [-0.25, -0.2) is 4.98 Å². The first-order chi connectivity index (χ1) is 9.29. The van der Waals surface area contributed by atoms with Gasteiger partial charge in [0.05, 0.1) is 25.0 Å². The molecule has 1 N–H and O–H groups in total. The number of ether oxygens (including phenoxy) is 2. The fraction of sp³-hybridized carbons (Fsp3) is 0.786. The zero-order valence-electron chi connectivity index (χ0n) is 12.0. The summed E-state index contributed by atoms with van der Waals surface area (Å²) in [5, 5.41) is 3.28. The minimum Gasteiger partial charge on any atom is -0.383 e. The molecule has 0 aliphatic heterocycles. The monoisotopic (exact) mass is 267 g/mol. The molecule has 0 aromatic carbocycles. The van der Waals surface area contributed by atoms with Crippen LogP contribution in [-0.4, -0.2) is 42.5 Å². The highest BCUT2D eigenvalue weighted by Crippen LogP contribution is 2.21. The van der Waals surface area contributed by atoms with E-state index in [2.05, 4.69) is 21.1 Å². The summed E-state index contributed by atoms with van der Waals surface area (Å²) in [5.74, 6) is 0.907. The number of methoxy groups -OCH3 is 1. The zero-order chi connectivity index (χ0) is 13.5. The van der Waals surface area contributed by atoms with Gasteiger partial charge in [-0.15, -0.1) is 0 Å². The molecule has 1 aromatic heterocycles. The Balaban J connectivity index is 1.77. The lowest BCUT2D eigenvalue weighted by atomic mass is 10.3. The molecule has 0 spiro atoms. The number of nitrogens with one attached hydrogen (secondary N) is 1. The standard InChI is InChI=1S/C14H25N3O2/c1-12-11-17(14(16-12)15-7-9-18-2)8-10-19-13-5-3-4-6-13/h11,13H,3-10H2,1-2H3,(H,15,16). The van der Waals surface area contributed by atoms with Crippen LogP contribution in [0.25, 0.3) is 0 Å². The summed E-state index contributed by atoms with van der Waals surface area (Å²) in [6.45, 7) is 5.09. The van der Waals surface area contributed by atoms with E-state index < -0.39 is 0 Å². The van der Waals surface area contributed by atoms with Crippen LogP contribution in [0.2, 0.25) is 0 Å². The van der Waals surface area contributed by atoms with Crippen molar-refractivity contribution in [1.29, 1.82) is 0 Å². The van der Waals surface area contributed by atoms with E-state index in [-0.39, 0.29) is 0 Å². The van der Waals surface area contributed by atoms with E-state index in [0.717, 1.165) is 31.3 Å². The number of hydrogen-bond donors (Lipinski definition) is 1. The van der Waals surface area contributed by atoms with E-state index in [4.69, 9.17) is 9.47 Å². The number of anilines is 1. The molecular weight excluding hydrogens is 242 g/mol. The second kappa shape index (κ2) is 7.50. The van der Waals surface area contributed by atoms with Crippen molar-refractivity contribution in [3.63, 3.8) is 0 Å². The maximum absolute atomic E-state index is 5.90. The molecule has 0 bridgehead atoms. The third kappa shape index (κ3) is 4.51. The third-order valence-electron chi connectivity index (χ3n) is 3.47. The molecule has 0 radical (unpaired) electrons. The molecule has 2 rings (SSSR count). The van der Waals surface area contributed by atoms with E-state index in [1.807, 2.05) is 6.92 Å². The zero-order valence-corrected chi connectivity index (χ0v) is 12.0. The van der Waals surface area contributed by atoms with Crippen LogP contribution in [0.3, 0.4) is 0 Å². The SMILES string of the molecule is COCCNc1nc(C)cn1CCOC1CCCC1. The van der Waals surface area contributed by atoms with Crippen LogP contribution < -0.4 is 5.32 Å². The quantitative estimate of drug-likeness (QED) is 0.734. The van der Waals surface area contributed by atoms with Gasteiger partial charge in [0.1, 0.15) is 0 Å². The summed E-state index contributed by atoms with van der Waals surface area (Å²) in [4.78, 5) is 4.47. The van der Waals surface area contributed by atoms with Crippen molar-refractivity contribution < 1.29 is 9.47 Å². The molecule has 1 saturated carbocycles. The molecule has 108 valence electrons. The van der Waals surface area contributed by atoms with Crippen molar-refractivity contribution in [3.8, 4) is 0 Å². The van der Waals surface area contributed by atoms with Crippen LogP contribution in [0, 0.1) is 6.92 Å². The minimum absolute atomic E-state index is 0.481. The van der Waals surface area contributed by atoms with Gasteiger partial charge in [0.15, 0.2) is 0 Å². The molecule has 0 amide bonds. The summed E-state index contributed by atoms with van der Waals surface area (Å²) >= 11 is 0. The van der Waals surface area contributed by atoms with Crippen LogP contribution in [0.1, 0.15) is 31.4 Å². The summed E-state index contributed by atoms with van der Waals surface area (Å²) in [6, 6.07) is 0. The normalized spacial score (nSPS) is 16.1. The number of aryl methyl sites for hydroxylation is 1. The van der Waals surface area contributed by atoms with Crippen LogP contribution in [0.4, 0.5) is 5.95 Å². The second-order valence-corrected chi connectivity index (χ2v) is 5.10. The summed E-state index contributed by atoms with van der Waals surface area (Å²) < 4.78 is 13.1. The highest BCUT2D eigenvalue weighted by atomic mass is 16.5. The molecular formula is C14H25N3O2. The van der Waals surface area contributed by atoms with E-state index in [0.29, 0.717) is 12.7 Å². The molecule has 1 heterocycles. The minimum atomic E-state index is 0.481. The third-order valence-corrected chi connectivity index (χ3v) is 3.47. The first kappa shape index (κ1) is 14.3. The molecule has 1 fully saturated rings. The number of rotatable bonds is 8. The van der Waals surface area contributed by atoms with Gasteiger partial charge in [0.25, 0.3) is 0 Å². The van der Waals surface area contributed by atoms with Crippen LogP contribution in [0.5, 0.6) is 0 Å². The number of hydrogen-bond acceptors (Lipinski definition) is 4. The first-order valence-electron chi connectivity index (χ1n) is 7.18. The average molecular weight is 267 g/mol. The topological polar surface area (TPSA) is 48.3 Å². The summed E-state index contributed by atoms with van der Waals surface area (Å²) in [7, 11) is 1.70. The fourth-order valence-electron chi connectivity index (χ4n) is 2.50. The molecule has 1 aliphatic carbocycles. The van der Waals surface area contributed by atoms with Gasteiger partial charge in [-0.3, -0.25) is 0 Å². The van der Waals surface area contributed by atoms with Gasteiger partial charge in [0.2, 0.25) is 5.95 Å². The largest absolute Gasteiger partial charge is 0.383 e. The summed E-state index contributed by atoms with van der Waals surface area (Å²) in [6.07, 6.45) is 7.63. The van der Waals surface area contributed by atoms with Crippen molar-refractivity contribution in [2.45, 2.75) is 45.3 Å². The Hall–Kier alpha value is -1.07. The molecule has 19 heavy (non-hydrogen) atoms. The lowest BCUT2D eigenvalue weighted by Crippen LogP contribution is -2.16. The van der Waals surface area contributed by atoms with Crippen LogP contribution in [-0.2, 0) is 16.0 Å². The Morgan fingerprint density at radius 2 is 2.16 bits per heavy atom. The van der Waals surface area contributed by atoms with Gasteiger partial charge in [0, 0.05) is 26.4 Å². The molecule has 5 heteroatoms. The van der Waals surface area contributed by atoms with E-state index in [9.17, 15) is 0 Å². The smallest absolute Gasteiger partial charge is 0.203 e. The highest BCUT2D eigenvalue weighted by Gasteiger charge is 2.15. The van der Waals surface area contributed by atoms with Gasteiger partial charge in [-0.05, 0) is 19.8 Å². The Bertz CT molecular complexity index is 373. The van der Waals surface area contributed by atoms with Crippen molar-refractivity contribution in [2.75, 3.05) is 32.2 Å². The van der Waals surface area contributed by atoms with Gasteiger partial charge in [-0.2, -0.15) is 0 Å². The van der Waals surface area contributed by atoms with E-state index in [1.165, 1.54) is 25.7 Å². The molecule has 5 nitrogen and oxygen atoms in total. The molecule has 0 saturated heterocycles. The Labute approximate surface area is 115 Å². The predicted octanol–water partition coefficient (Wildman–Crippen LogP) is 2.21. The van der Waals surface area contributed by atoms with Crippen molar-refractivity contribution in [3.05, 3.63) is 11.9 Å². The highest BCUT2D eigenvalue weighted by molar-refractivity contribution is 5.28. The lowest BCUT2D eigenvalue weighted by molar-refractivity contribution is 0.0532. The Kier molecular flexibility index (Phi) is 5.66. The molecule has 1 aliphatic rings. The van der Waals surface area contributed by atoms with Gasteiger partial charge >= 0.3 is 0 Å². The number of aromatic nitrogens is 2. The van der Waals surface area contributed by atoms with Gasteiger partial charge < -0.3 is 19.4 Å². The van der Waals surface area contributed by atoms with Crippen LogP contribution in [0.15, 0.2) is 6.20 Å². The fourth-order valence-corrected chi connectivity index (χ4v) is 2.50. The van der Waals surface area contributed by atoms with Gasteiger partial charge in [-0.1, -0.05) is 12.8 Å². The molecule has 0 atom stereocenters. The van der Waals surface area contributed by atoms with Crippen molar-refractivity contribution in [2.24, 2.45) is 0 Å². The summed E-state index contributed by atoms with van der Waals surface area (Å²) in [5.41, 5.74) is 1.03. The lowest BCUT2D eigenvalue weighted by Gasteiger charge is -2.13. The van der Waals surface area contributed by atoms with Crippen molar-refractivity contribution >= 4 is 5.95 Å². The maximum Gasteiger partial charge on any atom is 0.203 e. The second-order valence-electron chi connectivity index (χ2n) is 5.10. The molecule has 1 aromatic rings. The van der Waals surface area contributed by atoms with E-state index in [1.54, 1.807) is 7.11 Å². The molecule has 0 unspecified atom stereocenters. The van der Waals surface area contributed by atoms with E-state index >= 15 is 0 Å². The van der Waals surface area contributed by atoms with Crippen molar-refractivity contribution in [1.82, 2.24) is 9.55 Å². The van der Waals surface area contributed by atoms with Crippen LogP contribution >= 0.6 is 0 Å². The number of imidazole rings is 1. The predicted molar refractivity (Wildman–Crippen MR) is 75.5 cm³/mol. The average Bonchev–Trinajstić information content (AvgIpc) is 3.00. The maximum atomic E-state index is 5.90.